The second-order valence-corrected chi connectivity index (χ2v) is 4.18. The van der Waals surface area contributed by atoms with Crippen LogP contribution in [0.4, 0.5) is 13.2 Å². The van der Waals surface area contributed by atoms with Gasteiger partial charge in [0.2, 0.25) is 0 Å². The van der Waals surface area contributed by atoms with Gasteiger partial charge in [0.15, 0.2) is 0 Å². The predicted molar refractivity (Wildman–Crippen MR) is 62.1 cm³/mol. The van der Waals surface area contributed by atoms with E-state index in [9.17, 15) is 18.3 Å². The average Bonchev–Trinajstić information content (AvgIpc) is 2.24. The van der Waals surface area contributed by atoms with Gasteiger partial charge in [-0.2, -0.15) is 0 Å². The highest BCUT2D eigenvalue weighted by atomic mass is 19.4. The van der Waals surface area contributed by atoms with E-state index in [-0.39, 0.29) is 5.75 Å². The Labute approximate surface area is 104 Å². The Hall–Kier alpha value is -1.49. The highest BCUT2D eigenvalue weighted by Crippen LogP contribution is 2.30. The molecule has 0 aliphatic rings. The van der Waals surface area contributed by atoms with Crippen molar-refractivity contribution in [3.8, 4) is 5.75 Å². The molecule has 0 spiro atoms. The maximum absolute atomic E-state index is 12.1. The number of benzene rings is 1. The van der Waals surface area contributed by atoms with Gasteiger partial charge in [0.05, 0.1) is 5.60 Å². The molecule has 1 unspecified atom stereocenters. The van der Waals surface area contributed by atoms with Crippen LogP contribution in [0.2, 0.25) is 0 Å². The lowest BCUT2D eigenvalue weighted by Gasteiger charge is -2.24. The highest BCUT2D eigenvalue weighted by molar-refractivity contribution is 5.32. The van der Waals surface area contributed by atoms with Crippen LogP contribution in [0.5, 0.6) is 5.75 Å². The first-order chi connectivity index (χ1) is 8.24. The Bertz CT molecular complexity index is 411. The molecular formula is C13H15F3O2. The van der Waals surface area contributed by atoms with E-state index < -0.39 is 12.0 Å². The highest BCUT2D eigenvalue weighted by Gasteiger charge is 2.31. The lowest BCUT2D eigenvalue weighted by atomic mass is 9.91. The van der Waals surface area contributed by atoms with Crippen LogP contribution in [0.3, 0.4) is 0 Å². The Kier molecular flexibility index (Phi) is 4.40. The molecule has 0 radical (unpaired) electrons. The first-order valence-corrected chi connectivity index (χ1v) is 5.44. The van der Waals surface area contributed by atoms with E-state index in [4.69, 9.17) is 0 Å². The van der Waals surface area contributed by atoms with Crippen molar-refractivity contribution in [3.05, 3.63) is 42.5 Å². The third kappa shape index (κ3) is 4.41. The van der Waals surface area contributed by atoms with E-state index >= 15 is 0 Å². The summed E-state index contributed by atoms with van der Waals surface area (Å²) in [7, 11) is 0. The molecule has 0 saturated heterocycles. The number of allylic oxidation sites excluding steroid dienone is 1. The van der Waals surface area contributed by atoms with E-state index in [2.05, 4.69) is 11.3 Å². The Balaban J connectivity index is 2.90. The number of ether oxygens (including phenoxy) is 1. The van der Waals surface area contributed by atoms with E-state index in [0.717, 1.165) is 0 Å². The first kappa shape index (κ1) is 14.6. The molecular weight excluding hydrogens is 245 g/mol. The van der Waals surface area contributed by atoms with Crippen molar-refractivity contribution in [3.63, 3.8) is 0 Å². The first-order valence-electron chi connectivity index (χ1n) is 5.44. The van der Waals surface area contributed by atoms with E-state index in [0.29, 0.717) is 18.4 Å². The van der Waals surface area contributed by atoms with Crippen molar-refractivity contribution in [1.29, 1.82) is 0 Å². The van der Waals surface area contributed by atoms with Gasteiger partial charge in [0, 0.05) is 0 Å². The van der Waals surface area contributed by atoms with Gasteiger partial charge in [-0.05, 0) is 37.5 Å². The smallest absolute Gasteiger partial charge is 0.406 e. The van der Waals surface area contributed by atoms with Crippen molar-refractivity contribution in [1.82, 2.24) is 0 Å². The minimum atomic E-state index is -4.73. The minimum Gasteiger partial charge on any atom is -0.406 e. The third-order valence-electron chi connectivity index (χ3n) is 2.52. The zero-order chi connectivity index (χ0) is 13.8. The molecule has 5 heteroatoms. The summed E-state index contributed by atoms with van der Waals surface area (Å²) >= 11 is 0. The molecule has 0 bridgehead atoms. The maximum atomic E-state index is 12.1. The normalized spacial score (nSPS) is 14.9. The van der Waals surface area contributed by atoms with Crippen LogP contribution in [0.15, 0.2) is 36.9 Å². The van der Waals surface area contributed by atoms with Crippen molar-refractivity contribution in [2.45, 2.75) is 31.7 Å². The zero-order valence-electron chi connectivity index (χ0n) is 10.00. The standard InChI is InChI=1S/C13H15F3O2/c1-3-4-8-12(2,17)10-6-5-7-11(9-10)18-13(14,15)16/h3,5-7,9,17H,1,4,8H2,2H3. The lowest BCUT2D eigenvalue weighted by Crippen LogP contribution is -2.22. The van der Waals surface area contributed by atoms with Gasteiger partial charge in [0.25, 0.3) is 0 Å². The second-order valence-electron chi connectivity index (χ2n) is 4.18. The molecule has 1 N–H and O–H groups in total. The fraction of sp³-hybridized carbons (Fsp3) is 0.385. The molecule has 100 valence electrons. The Morgan fingerprint density at radius 1 is 1.39 bits per heavy atom. The van der Waals surface area contributed by atoms with Crippen LogP contribution in [0, 0.1) is 0 Å². The summed E-state index contributed by atoms with van der Waals surface area (Å²) in [6, 6.07) is 5.36. The molecule has 0 amide bonds. The van der Waals surface area contributed by atoms with E-state index in [1.807, 2.05) is 0 Å². The van der Waals surface area contributed by atoms with Gasteiger partial charge in [-0.25, -0.2) is 0 Å². The molecule has 0 aliphatic heterocycles. The summed E-state index contributed by atoms with van der Waals surface area (Å²) in [5, 5.41) is 10.2. The van der Waals surface area contributed by atoms with Crippen LogP contribution in [0.25, 0.3) is 0 Å². The SMILES string of the molecule is C=CCCC(C)(O)c1cccc(OC(F)(F)F)c1. The fourth-order valence-electron chi connectivity index (χ4n) is 1.56. The van der Waals surface area contributed by atoms with Crippen molar-refractivity contribution in [2.24, 2.45) is 0 Å². The van der Waals surface area contributed by atoms with Crippen molar-refractivity contribution in [2.75, 3.05) is 0 Å². The van der Waals surface area contributed by atoms with Gasteiger partial charge < -0.3 is 9.84 Å². The van der Waals surface area contributed by atoms with Gasteiger partial charge in [-0.1, -0.05) is 18.2 Å². The monoisotopic (exact) mass is 260 g/mol. The molecule has 0 heterocycles. The maximum Gasteiger partial charge on any atom is 0.573 e. The second kappa shape index (κ2) is 5.44. The van der Waals surface area contributed by atoms with Crippen LogP contribution in [0.1, 0.15) is 25.3 Å². The van der Waals surface area contributed by atoms with Crippen LogP contribution in [-0.2, 0) is 5.60 Å². The predicted octanol–water partition coefficient (Wildman–Crippen LogP) is 3.76. The summed E-state index contributed by atoms with van der Waals surface area (Å²) in [6.07, 6.45) is -2.14. The zero-order valence-corrected chi connectivity index (χ0v) is 10.00. The molecule has 0 aliphatic carbocycles. The van der Waals surface area contributed by atoms with Gasteiger partial charge >= 0.3 is 6.36 Å². The Morgan fingerprint density at radius 3 is 2.61 bits per heavy atom. The summed E-state index contributed by atoms with van der Waals surface area (Å²) in [6.45, 7) is 5.08. The number of hydrogen-bond acceptors (Lipinski definition) is 2. The topological polar surface area (TPSA) is 29.5 Å². The summed E-state index contributed by atoms with van der Waals surface area (Å²) in [5.74, 6) is -0.334. The summed E-state index contributed by atoms with van der Waals surface area (Å²) in [4.78, 5) is 0. The van der Waals surface area contributed by atoms with E-state index in [1.165, 1.54) is 18.2 Å². The number of alkyl halides is 3. The third-order valence-corrected chi connectivity index (χ3v) is 2.52. The number of hydrogen-bond donors (Lipinski definition) is 1. The van der Waals surface area contributed by atoms with Crippen LogP contribution < -0.4 is 4.74 Å². The van der Waals surface area contributed by atoms with Gasteiger partial charge in [0.1, 0.15) is 5.75 Å². The number of rotatable bonds is 5. The molecule has 18 heavy (non-hydrogen) atoms. The quantitative estimate of drug-likeness (QED) is 0.817. The molecule has 1 atom stereocenters. The largest absolute Gasteiger partial charge is 0.573 e. The average molecular weight is 260 g/mol. The van der Waals surface area contributed by atoms with Crippen LogP contribution in [-0.4, -0.2) is 11.5 Å². The fourth-order valence-corrected chi connectivity index (χ4v) is 1.56. The van der Waals surface area contributed by atoms with Crippen molar-refractivity contribution >= 4 is 0 Å². The molecule has 1 aromatic rings. The number of halogens is 3. The number of aliphatic hydroxyl groups is 1. The summed E-state index contributed by atoms with van der Waals surface area (Å²) < 4.78 is 40.0. The summed E-state index contributed by atoms with van der Waals surface area (Å²) in [5.41, 5.74) is -0.829. The molecule has 0 aromatic heterocycles. The van der Waals surface area contributed by atoms with Crippen molar-refractivity contribution < 1.29 is 23.0 Å². The van der Waals surface area contributed by atoms with Gasteiger partial charge in [-0.3, -0.25) is 0 Å². The molecule has 0 saturated carbocycles. The molecule has 1 aromatic carbocycles. The van der Waals surface area contributed by atoms with Gasteiger partial charge in [-0.15, -0.1) is 19.8 Å². The molecule has 1 rings (SSSR count). The van der Waals surface area contributed by atoms with Crippen LogP contribution >= 0.6 is 0 Å². The lowest BCUT2D eigenvalue weighted by molar-refractivity contribution is -0.274. The Morgan fingerprint density at radius 2 is 2.06 bits per heavy atom. The molecule has 0 fully saturated rings. The van der Waals surface area contributed by atoms with E-state index in [1.54, 1.807) is 19.1 Å². The molecule has 2 nitrogen and oxygen atoms in total. The minimum absolute atomic E-state index is 0.334.